The van der Waals surface area contributed by atoms with Crippen LogP contribution in [0.3, 0.4) is 0 Å². The van der Waals surface area contributed by atoms with E-state index in [1.807, 2.05) is 0 Å². The van der Waals surface area contributed by atoms with Crippen molar-refractivity contribution in [3.05, 3.63) is 41.9 Å². The summed E-state index contributed by atoms with van der Waals surface area (Å²) in [6.07, 6.45) is 4.17. The SMILES string of the molecule is Cc1ccccc1-c1cn2c(n1)CCC(N)C2. The third kappa shape index (κ3) is 1.87. The Bertz CT molecular complexity index is 542. The van der Waals surface area contributed by atoms with E-state index >= 15 is 0 Å². The number of aromatic nitrogens is 2. The van der Waals surface area contributed by atoms with E-state index < -0.39 is 0 Å². The fourth-order valence-corrected chi connectivity index (χ4v) is 2.46. The molecule has 0 spiro atoms. The smallest absolute Gasteiger partial charge is 0.109 e. The summed E-state index contributed by atoms with van der Waals surface area (Å²) in [5.41, 5.74) is 9.55. The Balaban J connectivity index is 2.03. The number of fused-ring (bicyclic) bond motifs is 1. The number of hydrogen-bond donors (Lipinski definition) is 1. The molecule has 1 unspecified atom stereocenters. The lowest BCUT2D eigenvalue weighted by Crippen LogP contribution is -2.31. The molecule has 0 saturated carbocycles. The Morgan fingerprint density at radius 2 is 2.18 bits per heavy atom. The predicted octanol–water partition coefficient (Wildman–Crippen LogP) is 2.13. The van der Waals surface area contributed by atoms with Crippen LogP contribution in [0.15, 0.2) is 30.5 Å². The van der Waals surface area contributed by atoms with E-state index in [2.05, 4.69) is 42.0 Å². The highest BCUT2D eigenvalue weighted by Gasteiger charge is 2.18. The van der Waals surface area contributed by atoms with Crippen molar-refractivity contribution in [2.45, 2.75) is 32.4 Å². The molecule has 0 saturated heterocycles. The maximum absolute atomic E-state index is 5.98. The second-order valence-electron chi connectivity index (χ2n) is 4.81. The van der Waals surface area contributed by atoms with E-state index in [1.54, 1.807) is 0 Å². The van der Waals surface area contributed by atoms with E-state index in [9.17, 15) is 0 Å². The summed E-state index contributed by atoms with van der Waals surface area (Å²) >= 11 is 0. The van der Waals surface area contributed by atoms with Gasteiger partial charge in [-0.1, -0.05) is 24.3 Å². The van der Waals surface area contributed by atoms with Crippen LogP contribution in [0.5, 0.6) is 0 Å². The van der Waals surface area contributed by atoms with Crippen molar-refractivity contribution in [2.75, 3.05) is 0 Å². The second kappa shape index (κ2) is 4.00. The first-order chi connectivity index (χ1) is 8.24. The zero-order valence-corrected chi connectivity index (χ0v) is 10.1. The first kappa shape index (κ1) is 10.5. The Kier molecular flexibility index (Phi) is 2.48. The molecule has 2 aromatic rings. The second-order valence-corrected chi connectivity index (χ2v) is 4.81. The molecular weight excluding hydrogens is 210 g/mol. The van der Waals surface area contributed by atoms with E-state index in [0.717, 1.165) is 25.1 Å². The lowest BCUT2D eigenvalue weighted by Gasteiger charge is -2.19. The molecule has 0 bridgehead atoms. The van der Waals surface area contributed by atoms with Gasteiger partial charge in [-0.2, -0.15) is 0 Å². The van der Waals surface area contributed by atoms with Gasteiger partial charge in [-0.25, -0.2) is 4.98 Å². The van der Waals surface area contributed by atoms with Gasteiger partial charge in [0.15, 0.2) is 0 Å². The molecule has 1 aliphatic rings. The van der Waals surface area contributed by atoms with Crippen molar-refractivity contribution in [2.24, 2.45) is 5.73 Å². The first-order valence-corrected chi connectivity index (χ1v) is 6.11. The average molecular weight is 227 g/mol. The average Bonchev–Trinajstić information content (AvgIpc) is 2.72. The Morgan fingerprint density at radius 1 is 1.35 bits per heavy atom. The van der Waals surface area contributed by atoms with Crippen LogP contribution < -0.4 is 5.73 Å². The number of benzene rings is 1. The largest absolute Gasteiger partial charge is 0.333 e. The third-order valence-electron chi connectivity index (χ3n) is 3.45. The van der Waals surface area contributed by atoms with Crippen molar-refractivity contribution in [3.63, 3.8) is 0 Å². The maximum atomic E-state index is 5.98. The third-order valence-corrected chi connectivity index (χ3v) is 3.45. The highest BCUT2D eigenvalue weighted by atomic mass is 15.1. The number of rotatable bonds is 1. The van der Waals surface area contributed by atoms with Crippen molar-refractivity contribution in [3.8, 4) is 11.3 Å². The maximum Gasteiger partial charge on any atom is 0.109 e. The molecular formula is C14H17N3. The van der Waals surface area contributed by atoms with Crippen LogP contribution in [0.2, 0.25) is 0 Å². The van der Waals surface area contributed by atoms with Gasteiger partial charge in [-0.3, -0.25) is 0 Å². The lowest BCUT2D eigenvalue weighted by atomic mass is 10.1. The molecule has 2 heterocycles. The molecule has 88 valence electrons. The van der Waals surface area contributed by atoms with Crippen molar-refractivity contribution >= 4 is 0 Å². The summed E-state index contributed by atoms with van der Waals surface area (Å²) in [5.74, 6) is 1.17. The molecule has 0 radical (unpaired) electrons. The Morgan fingerprint density at radius 3 is 3.00 bits per heavy atom. The van der Waals surface area contributed by atoms with Crippen molar-refractivity contribution in [1.82, 2.24) is 9.55 Å². The number of nitrogens with two attached hydrogens (primary N) is 1. The fourth-order valence-electron chi connectivity index (χ4n) is 2.46. The van der Waals surface area contributed by atoms with E-state index in [1.165, 1.54) is 17.0 Å². The molecule has 2 N–H and O–H groups in total. The molecule has 0 aliphatic carbocycles. The quantitative estimate of drug-likeness (QED) is 0.811. The summed E-state index contributed by atoms with van der Waals surface area (Å²) < 4.78 is 2.20. The van der Waals surface area contributed by atoms with Gasteiger partial charge >= 0.3 is 0 Å². The normalized spacial score (nSPS) is 19.1. The molecule has 0 amide bonds. The Labute approximate surface area is 101 Å². The highest BCUT2D eigenvalue weighted by molar-refractivity contribution is 5.62. The van der Waals surface area contributed by atoms with Crippen LogP contribution in [-0.2, 0) is 13.0 Å². The van der Waals surface area contributed by atoms with Gasteiger partial charge < -0.3 is 10.3 Å². The molecule has 17 heavy (non-hydrogen) atoms. The number of nitrogens with zero attached hydrogens (tertiary/aromatic N) is 2. The van der Waals surface area contributed by atoms with Crippen LogP contribution in [-0.4, -0.2) is 15.6 Å². The van der Waals surface area contributed by atoms with Crippen molar-refractivity contribution < 1.29 is 0 Å². The molecule has 3 heteroatoms. The van der Waals surface area contributed by atoms with E-state index in [0.29, 0.717) is 0 Å². The number of hydrogen-bond acceptors (Lipinski definition) is 2. The van der Waals surface area contributed by atoms with Crippen LogP contribution in [0, 0.1) is 6.92 Å². The highest BCUT2D eigenvalue weighted by Crippen LogP contribution is 2.24. The lowest BCUT2D eigenvalue weighted by molar-refractivity contribution is 0.453. The minimum absolute atomic E-state index is 0.279. The van der Waals surface area contributed by atoms with Crippen LogP contribution in [0.4, 0.5) is 0 Å². The fraction of sp³-hybridized carbons (Fsp3) is 0.357. The molecule has 1 atom stereocenters. The summed E-state index contributed by atoms with van der Waals surface area (Å²) in [6, 6.07) is 8.65. The number of imidazole rings is 1. The van der Waals surface area contributed by atoms with E-state index in [4.69, 9.17) is 10.7 Å². The zero-order chi connectivity index (χ0) is 11.8. The molecule has 3 nitrogen and oxygen atoms in total. The monoisotopic (exact) mass is 227 g/mol. The Hall–Kier alpha value is -1.61. The van der Waals surface area contributed by atoms with Gasteiger partial charge in [-0.05, 0) is 18.9 Å². The van der Waals surface area contributed by atoms with Crippen LogP contribution >= 0.6 is 0 Å². The first-order valence-electron chi connectivity index (χ1n) is 6.11. The molecule has 3 rings (SSSR count). The standard InChI is InChI=1S/C14H17N3/c1-10-4-2-3-5-12(10)13-9-17-8-11(15)6-7-14(17)16-13/h2-5,9,11H,6-8,15H2,1H3. The van der Waals surface area contributed by atoms with Gasteiger partial charge in [0.25, 0.3) is 0 Å². The molecule has 0 fully saturated rings. The van der Waals surface area contributed by atoms with Gasteiger partial charge in [0.1, 0.15) is 5.82 Å². The zero-order valence-electron chi connectivity index (χ0n) is 10.1. The van der Waals surface area contributed by atoms with Gasteiger partial charge in [-0.15, -0.1) is 0 Å². The molecule has 1 aromatic heterocycles. The van der Waals surface area contributed by atoms with Gasteiger partial charge in [0, 0.05) is 30.8 Å². The predicted molar refractivity (Wildman–Crippen MR) is 68.7 cm³/mol. The topological polar surface area (TPSA) is 43.8 Å². The summed E-state index contributed by atoms with van der Waals surface area (Å²) in [7, 11) is 0. The summed E-state index contributed by atoms with van der Waals surface area (Å²) in [5, 5.41) is 0. The van der Waals surface area contributed by atoms with E-state index in [-0.39, 0.29) is 6.04 Å². The molecule has 1 aliphatic heterocycles. The summed E-state index contributed by atoms with van der Waals surface area (Å²) in [4.78, 5) is 4.72. The van der Waals surface area contributed by atoms with Gasteiger partial charge in [0.2, 0.25) is 0 Å². The van der Waals surface area contributed by atoms with Gasteiger partial charge in [0.05, 0.1) is 5.69 Å². The van der Waals surface area contributed by atoms with Crippen molar-refractivity contribution in [1.29, 1.82) is 0 Å². The molecule has 1 aromatic carbocycles. The minimum atomic E-state index is 0.279. The number of aryl methyl sites for hydroxylation is 2. The van der Waals surface area contributed by atoms with Crippen LogP contribution in [0.1, 0.15) is 17.8 Å². The van der Waals surface area contributed by atoms with Crippen LogP contribution in [0.25, 0.3) is 11.3 Å². The summed E-state index contributed by atoms with van der Waals surface area (Å²) in [6.45, 7) is 3.02. The minimum Gasteiger partial charge on any atom is -0.333 e.